The Hall–Kier alpha value is -3.98. The minimum absolute atomic E-state index is 0.195. The van der Waals surface area contributed by atoms with Crippen LogP contribution in [0.5, 0.6) is 11.5 Å². The fraction of sp³-hybridized carbons (Fsp3) is 0.148. The summed E-state index contributed by atoms with van der Waals surface area (Å²) in [4.78, 5) is 12.7. The van der Waals surface area contributed by atoms with Gasteiger partial charge < -0.3 is 9.30 Å². The molecule has 0 atom stereocenters. The average Bonchev–Trinajstić information content (AvgIpc) is 2.86. The number of hydrogen-bond acceptors (Lipinski definition) is 4. The maximum atomic E-state index is 14.4. The first-order valence-electron chi connectivity index (χ1n) is 11.2. The zero-order valence-electron chi connectivity index (χ0n) is 19.7. The SMILES string of the molecule is C=CS(=O)(=O)N(CCC)c1ccc(Oc2ccc(F)cc2F)c(-c2cn(C)c(=O)c3ccccc23)c1. The van der Waals surface area contributed by atoms with Gasteiger partial charge in [-0.25, -0.2) is 17.2 Å². The van der Waals surface area contributed by atoms with E-state index in [4.69, 9.17) is 4.74 Å². The van der Waals surface area contributed by atoms with Crippen molar-refractivity contribution in [3.63, 3.8) is 0 Å². The fourth-order valence-corrected chi connectivity index (χ4v) is 5.00. The topological polar surface area (TPSA) is 68.6 Å². The molecule has 0 saturated heterocycles. The minimum atomic E-state index is -3.82. The third kappa shape index (κ3) is 4.74. The number of fused-ring (bicyclic) bond motifs is 1. The Morgan fingerprint density at radius 1 is 1.00 bits per heavy atom. The van der Waals surface area contributed by atoms with Crippen LogP contribution in [-0.4, -0.2) is 19.5 Å². The molecule has 0 bridgehead atoms. The molecular formula is C27H24F2N2O4S. The number of aryl methyl sites for hydroxylation is 1. The van der Waals surface area contributed by atoms with E-state index in [1.165, 1.54) is 21.0 Å². The van der Waals surface area contributed by atoms with Crippen LogP contribution in [-0.2, 0) is 17.1 Å². The van der Waals surface area contributed by atoms with Crippen LogP contribution in [0.2, 0.25) is 0 Å². The summed E-state index contributed by atoms with van der Waals surface area (Å²) in [7, 11) is -2.21. The van der Waals surface area contributed by atoms with Gasteiger partial charge in [0.2, 0.25) is 0 Å². The summed E-state index contributed by atoms with van der Waals surface area (Å²) < 4.78 is 61.9. The van der Waals surface area contributed by atoms with E-state index in [0.717, 1.165) is 11.5 Å². The molecule has 0 spiro atoms. The van der Waals surface area contributed by atoms with E-state index in [-0.39, 0.29) is 23.6 Å². The summed E-state index contributed by atoms with van der Waals surface area (Å²) in [6.45, 7) is 5.48. The van der Waals surface area contributed by atoms with Gasteiger partial charge in [-0.3, -0.25) is 9.10 Å². The molecule has 0 amide bonds. The van der Waals surface area contributed by atoms with Crippen molar-refractivity contribution in [2.45, 2.75) is 13.3 Å². The van der Waals surface area contributed by atoms with Crippen molar-refractivity contribution in [1.29, 1.82) is 0 Å². The molecule has 4 aromatic rings. The number of halogens is 2. The van der Waals surface area contributed by atoms with Gasteiger partial charge in [-0.05, 0) is 48.2 Å². The summed E-state index contributed by atoms with van der Waals surface area (Å²) in [6.07, 6.45) is 2.16. The molecule has 4 rings (SSSR count). The molecule has 0 radical (unpaired) electrons. The first-order chi connectivity index (χ1) is 17.2. The molecule has 36 heavy (non-hydrogen) atoms. The van der Waals surface area contributed by atoms with Gasteiger partial charge in [0.25, 0.3) is 15.6 Å². The number of pyridine rings is 1. The maximum Gasteiger partial charge on any atom is 0.258 e. The van der Waals surface area contributed by atoms with Crippen LogP contribution in [0.3, 0.4) is 0 Å². The summed E-state index contributed by atoms with van der Waals surface area (Å²) in [5, 5.41) is 1.93. The number of rotatable bonds is 8. The molecular weight excluding hydrogens is 486 g/mol. The summed E-state index contributed by atoms with van der Waals surface area (Å²) in [5.41, 5.74) is 1.12. The van der Waals surface area contributed by atoms with Gasteiger partial charge >= 0.3 is 0 Å². The van der Waals surface area contributed by atoms with E-state index in [0.29, 0.717) is 40.1 Å². The molecule has 1 heterocycles. The molecule has 0 aliphatic carbocycles. The van der Waals surface area contributed by atoms with Crippen LogP contribution in [0.25, 0.3) is 21.9 Å². The van der Waals surface area contributed by atoms with Crippen LogP contribution in [0.4, 0.5) is 14.5 Å². The predicted molar refractivity (Wildman–Crippen MR) is 138 cm³/mol. The zero-order valence-corrected chi connectivity index (χ0v) is 20.6. The lowest BCUT2D eigenvalue weighted by Crippen LogP contribution is -2.29. The maximum absolute atomic E-state index is 14.4. The highest BCUT2D eigenvalue weighted by Gasteiger charge is 2.22. The fourth-order valence-electron chi connectivity index (χ4n) is 3.98. The molecule has 0 aliphatic rings. The second kappa shape index (κ2) is 9.94. The number of ether oxygens (including phenoxy) is 1. The number of anilines is 1. The van der Waals surface area contributed by atoms with Crippen molar-refractivity contribution in [3.8, 4) is 22.6 Å². The van der Waals surface area contributed by atoms with Gasteiger partial charge in [-0.1, -0.05) is 31.7 Å². The normalized spacial score (nSPS) is 11.4. The third-order valence-corrected chi connectivity index (χ3v) is 7.12. The number of aromatic nitrogens is 1. The molecule has 186 valence electrons. The molecule has 9 heteroatoms. The van der Waals surface area contributed by atoms with Crippen molar-refractivity contribution in [3.05, 3.63) is 101 Å². The van der Waals surface area contributed by atoms with Gasteiger partial charge in [0, 0.05) is 47.8 Å². The number of benzene rings is 3. The largest absolute Gasteiger partial charge is 0.454 e. The lowest BCUT2D eigenvalue weighted by Gasteiger charge is -2.24. The van der Waals surface area contributed by atoms with E-state index in [1.807, 2.05) is 6.92 Å². The number of nitrogens with zero attached hydrogens (tertiary/aromatic N) is 2. The Labute approximate surface area is 207 Å². The van der Waals surface area contributed by atoms with Crippen LogP contribution in [0.1, 0.15) is 13.3 Å². The van der Waals surface area contributed by atoms with E-state index >= 15 is 0 Å². The van der Waals surface area contributed by atoms with Gasteiger partial charge in [0.05, 0.1) is 5.69 Å². The smallest absolute Gasteiger partial charge is 0.258 e. The molecule has 0 fully saturated rings. The van der Waals surface area contributed by atoms with Crippen molar-refractivity contribution >= 4 is 26.5 Å². The van der Waals surface area contributed by atoms with Crippen LogP contribution in [0.15, 0.2) is 83.6 Å². The molecule has 1 aromatic heterocycles. The highest BCUT2D eigenvalue weighted by atomic mass is 32.2. The summed E-state index contributed by atoms with van der Waals surface area (Å²) in [6, 6.07) is 14.6. The molecule has 6 nitrogen and oxygen atoms in total. The Kier molecular flexibility index (Phi) is 6.94. The number of sulfonamides is 1. The summed E-state index contributed by atoms with van der Waals surface area (Å²) in [5.74, 6) is -1.65. The highest BCUT2D eigenvalue weighted by molar-refractivity contribution is 7.95. The van der Waals surface area contributed by atoms with Crippen molar-refractivity contribution < 1.29 is 21.9 Å². The molecule has 0 unspecified atom stereocenters. The monoisotopic (exact) mass is 510 g/mol. The van der Waals surface area contributed by atoms with Gasteiger partial charge in [0.1, 0.15) is 11.6 Å². The van der Waals surface area contributed by atoms with Crippen molar-refractivity contribution in [2.24, 2.45) is 7.05 Å². The van der Waals surface area contributed by atoms with Gasteiger partial charge in [-0.15, -0.1) is 0 Å². The quantitative estimate of drug-likeness (QED) is 0.293. The predicted octanol–water partition coefficient (Wildman–Crippen LogP) is 5.97. The minimum Gasteiger partial charge on any atom is -0.454 e. The van der Waals surface area contributed by atoms with E-state index in [2.05, 4.69) is 6.58 Å². The number of hydrogen-bond donors (Lipinski definition) is 0. The average molecular weight is 511 g/mol. The first-order valence-corrected chi connectivity index (χ1v) is 12.7. The lowest BCUT2D eigenvalue weighted by atomic mass is 9.99. The van der Waals surface area contributed by atoms with E-state index in [1.54, 1.807) is 49.6 Å². The second-order valence-electron chi connectivity index (χ2n) is 8.15. The van der Waals surface area contributed by atoms with E-state index in [9.17, 15) is 22.0 Å². The van der Waals surface area contributed by atoms with E-state index < -0.39 is 21.7 Å². The zero-order chi connectivity index (χ0) is 26.0. The highest BCUT2D eigenvalue weighted by Crippen LogP contribution is 2.40. The standard InChI is InChI=1S/C27H24F2N2O4S/c1-4-14-31(36(33,34)5-2)19-11-13-25(35-26-12-10-18(28)15-24(26)29)22(16-19)23-17-30(3)27(32)21-9-7-6-8-20(21)23/h5-13,15-17H,2,4,14H2,1,3H3. The van der Waals surface area contributed by atoms with Crippen LogP contribution >= 0.6 is 0 Å². The second-order valence-corrected chi connectivity index (χ2v) is 9.95. The summed E-state index contributed by atoms with van der Waals surface area (Å²) >= 11 is 0. The van der Waals surface area contributed by atoms with Crippen LogP contribution in [0, 0.1) is 11.6 Å². The third-order valence-electron chi connectivity index (χ3n) is 5.69. The molecule has 0 N–H and O–H groups in total. The lowest BCUT2D eigenvalue weighted by molar-refractivity contribution is 0.439. The Bertz CT molecular complexity index is 1630. The Balaban J connectivity index is 2.01. The Morgan fingerprint density at radius 3 is 2.36 bits per heavy atom. The molecule has 0 aliphatic heterocycles. The molecule has 3 aromatic carbocycles. The van der Waals surface area contributed by atoms with Gasteiger partial charge in [-0.2, -0.15) is 0 Å². The van der Waals surface area contributed by atoms with Crippen LogP contribution < -0.4 is 14.6 Å². The van der Waals surface area contributed by atoms with Crippen molar-refractivity contribution in [1.82, 2.24) is 4.57 Å². The Morgan fingerprint density at radius 2 is 1.69 bits per heavy atom. The molecule has 0 saturated carbocycles. The first kappa shape index (κ1) is 25.1. The van der Waals surface area contributed by atoms with Gasteiger partial charge in [0.15, 0.2) is 11.6 Å². The van der Waals surface area contributed by atoms with Crippen molar-refractivity contribution in [2.75, 3.05) is 10.8 Å².